The largest absolute Gasteiger partial charge is 0.460 e. The molecule has 0 radical (unpaired) electrons. The number of sulfonamides is 1. The van der Waals surface area contributed by atoms with Crippen LogP contribution in [0, 0.1) is 18.8 Å². The van der Waals surface area contributed by atoms with Crippen LogP contribution in [-0.4, -0.2) is 51.9 Å². The van der Waals surface area contributed by atoms with Crippen LogP contribution in [0.4, 0.5) is 0 Å². The van der Waals surface area contributed by atoms with Crippen molar-refractivity contribution in [3.8, 4) is 0 Å². The highest BCUT2D eigenvalue weighted by atomic mass is 32.2. The fraction of sp³-hybridized carbons (Fsp3) is 0.433. The van der Waals surface area contributed by atoms with E-state index in [0.717, 1.165) is 15.4 Å². The molecule has 216 valence electrons. The zero-order chi connectivity index (χ0) is 29.7. The van der Waals surface area contributed by atoms with Crippen LogP contribution in [-0.2, 0) is 40.2 Å². The quantitative estimate of drug-likeness (QED) is 0.126. The Balaban J connectivity index is 2.08. The molecule has 0 bridgehead atoms. The first kappa shape index (κ1) is 31.4. The van der Waals surface area contributed by atoms with E-state index in [1.165, 1.54) is 18.2 Å². The topological polar surface area (TPSA) is 107 Å². The fourth-order valence-corrected chi connectivity index (χ4v) is 7.14. The molecule has 0 N–H and O–H groups in total. The molecule has 3 atom stereocenters. The first-order chi connectivity index (χ1) is 18.7. The zero-order valence-corrected chi connectivity index (χ0v) is 25.8. The van der Waals surface area contributed by atoms with Gasteiger partial charge < -0.3 is 9.16 Å². The molecule has 1 aliphatic rings. The smallest absolute Gasteiger partial charge is 0.319 e. The summed E-state index contributed by atoms with van der Waals surface area (Å²) in [6, 6.07) is 15.2. The summed E-state index contributed by atoms with van der Waals surface area (Å²) in [5.41, 5.74) is 1.60. The molecule has 1 amide bonds. The summed E-state index contributed by atoms with van der Waals surface area (Å²) in [6.45, 7) is 11.7. The molecule has 1 aliphatic heterocycles. The Morgan fingerprint density at radius 3 is 2.27 bits per heavy atom. The van der Waals surface area contributed by atoms with Gasteiger partial charge in [-0.25, -0.2) is 12.7 Å². The molecule has 0 aliphatic carbocycles. The minimum atomic E-state index is -4.30. The van der Waals surface area contributed by atoms with Crippen LogP contribution in [0.15, 0.2) is 71.6 Å². The van der Waals surface area contributed by atoms with E-state index >= 15 is 0 Å². The number of carbonyl (C=O) groups excluding carboxylic acids is 3. The van der Waals surface area contributed by atoms with Crippen molar-refractivity contribution in [1.82, 2.24) is 4.31 Å². The Bertz CT molecular complexity index is 1330. The molecule has 3 rings (SSSR count). The summed E-state index contributed by atoms with van der Waals surface area (Å²) in [6.07, 6.45) is 2.87. The zero-order valence-electron chi connectivity index (χ0n) is 24.0. The maximum absolute atomic E-state index is 13.9. The maximum atomic E-state index is 13.9. The molecule has 2 unspecified atom stereocenters. The Kier molecular flexibility index (Phi) is 9.92. The van der Waals surface area contributed by atoms with Crippen molar-refractivity contribution in [3.05, 3.63) is 77.9 Å². The van der Waals surface area contributed by atoms with Crippen molar-refractivity contribution in [3.63, 3.8) is 0 Å². The van der Waals surface area contributed by atoms with Crippen molar-refractivity contribution in [1.29, 1.82) is 0 Å². The third kappa shape index (κ3) is 7.16. The normalized spacial score (nSPS) is 20.5. The summed E-state index contributed by atoms with van der Waals surface area (Å²) in [5, 5.41) is -0.221. The van der Waals surface area contributed by atoms with E-state index < -0.39 is 48.2 Å². The summed E-state index contributed by atoms with van der Waals surface area (Å²) < 4.78 is 40.6. The second kappa shape index (κ2) is 12.6. The van der Waals surface area contributed by atoms with E-state index in [4.69, 9.17) is 9.16 Å². The van der Waals surface area contributed by atoms with E-state index in [1.807, 2.05) is 26.1 Å². The monoisotopic (exact) mass is 585 g/mol. The maximum Gasteiger partial charge on any atom is 0.319 e. The average molecular weight is 586 g/mol. The molecular weight excluding hydrogens is 546 g/mol. The molecule has 0 aromatic heterocycles. The van der Waals surface area contributed by atoms with Crippen LogP contribution in [0.25, 0.3) is 0 Å². The van der Waals surface area contributed by atoms with Crippen LogP contribution in [0.2, 0.25) is 18.1 Å². The van der Waals surface area contributed by atoms with Crippen LogP contribution >= 0.6 is 0 Å². The number of esters is 1. The van der Waals surface area contributed by atoms with E-state index in [2.05, 4.69) is 20.8 Å². The number of ether oxygens (including phenoxy) is 1. The van der Waals surface area contributed by atoms with Gasteiger partial charge >= 0.3 is 5.97 Å². The predicted octanol–water partition coefficient (Wildman–Crippen LogP) is 5.04. The highest BCUT2D eigenvalue weighted by molar-refractivity contribution is 7.89. The molecule has 1 saturated heterocycles. The number of hydrogen-bond donors (Lipinski definition) is 0. The van der Waals surface area contributed by atoms with Crippen LogP contribution in [0.5, 0.6) is 0 Å². The molecule has 40 heavy (non-hydrogen) atoms. The number of allylic oxidation sites excluding steroid dienone is 2. The van der Waals surface area contributed by atoms with Crippen LogP contribution in [0.3, 0.4) is 0 Å². The number of carbonyl (C=O) groups is 3. The summed E-state index contributed by atoms with van der Waals surface area (Å²) in [4.78, 5) is 38.5. The van der Waals surface area contributed by atoms with Crippen LogP contribution in [0.1, 0.15) is 38.3 Å². The molecule has 1 heterocycles. The fourth-order valence-electron chi connectivity index (χ4n) is 4.35. The molecule has 10 heteroatoms. The third-order valence-electron chi connectivity index (χ3n) is 7.73. The Morgan fingerprint density at radius 1 is 1.07 bits per heavy atom. The lowest BCUT2D eigenvalue weighted by Crippen LogP contribution is -2.60. The number of rotatable bonds is 10. The van der Waals surface area contributed by atoms with Gasteiger partial charge in [0.1, 0.15) is 18.8 Å². The molecule has 0 spiro atoms. The van der Waals surface area contributed by atoms with Crippen molar-refractivity contribution in [2.45, 2.75) is 69.9 Å². The number of amides is 1. The van der Waals surface area contributed by atoms with Gasteiger partial charge in [0.25, 0.3) is 15.9 Å². The first-order valence-electron chi connectivity index (χ1n) is 13.3. The Hall–Kier alpha value is -3.08. The van der Waals surface area contributed by atoms with Crippen molar-refractivity contribution in [2.24, 2.45) is 11.8 Å². The highest BCUT2D eigenvalue weighted by Gasteiger charge is 2.53. The molecule has 0 saturated carbocycles. The number of piperidine rings is 1. The number of benzene rings is 2. The average Bonchev–Trinajstić information content (AvgIpc) is 2.88. The Morgan fingerprint density at radius 2 is 1.70 bits per heavy atom. The second-order valence-electron chi connectivity index (χ2n) is 11.6. The lowest BCUT2D eigenvalue weighted by atomic mass is 9.81. The van der Waals surface area contributed by atoms with E-state index in [1.54, 1.807) is 42.5 Å². The number of aldehydes is 1. The molecule has 2 aromatic carbocycles. The third-order valence-corrected chi connectivity index (χ3v) is 14.0. The first-order valence-corrected chi connectivity index (χ1v) is 17.7. The van der Waals surface area contributed by atoms with Gasteiger partial charge in [-0.15, -0.1) is 0 Å². The summed E-state index contributed by atoms with van der Waals surface area (Å²) in [5.74, 6) is -3.86. The molecule has 2 aromatic rings. The lowest BCUT2D eigenvalue weighted by molar-refractivity contribution is -0.163. The van der Waals surface area contributed by atoms with E-state index in [9.17, 15) is 22.8 Å². The van der Waals surface area contributed by atoms with Crippen molar-refractivity contribution in [2.75, 3.05) is 6.54 Å². The van der Waals surface area contributed by atoms with E-state index in [0.29, 0.717) is 6.29 Å². The summed E-state index contributed by atoms with van der Waals surface area (Å²) in [7, 11) is -6.79. The number of nitrogens with zero attached hydrogens (tertiary/aromatic N) is 1. The van der Waals surface area contributed by atoms with Gasteiger partial charge in [-0.1, -0.05) is 74.9 Å². The Labute approximate surface area is 238 Å². The minimum absolute atomic E-state index is 0.0479. The van der Waals surface area contributed by atoms with Gasteiger partial charge in [-0.05, 0) is 55.2 Å². The van der Waals surface area contributed by atoms with Gasteiger partial charge in [-0.3, -0.25) is 14.4 Å². The number of hydrogen-bond acceptors (Lipinski definition) is 7. The minimum Gasteiger partial charge on any atom is -0.460 e. The van der Waals surface area contributed by atoms with Gasteiger partial charge in [0, 0.05) is 5.92 Å². The molecule has 1 fully saturated rings. The van der Waals surface area contributed by atoms with Gasteiger partial charge in [0.2, 0.25) is 0 Å². The van der Waals surface area contributed by atoms with Crippen molar-refractivity contribution >= 4 is 36.5 Å². The lowest BCUT2D eigenvalue weighted by Gasteiger charge is -2.46. The van der Waals surface area contributed by atoms with Crippen LogP contribution < -0.4 is 0 Å². The SMILES string of the molecule is Cc1ccc(S(=O)(=O)N2C[C@@H](O[Si](C)(C)C(C)(C)C)C(C/C=C/C=O)C(C(=O)OCc3ccccc3)C2=O)cc1. The molecule has 8 nitrogen and oxygen atoms in total. The second-order valence-corrected chi connectivity index (χ2v) is 18.3. The standard InChI is InChI=1S/C30H39NO7SSi/c1-22-15-17-24(18-16-22)39(35,36)31-20-26(38-40(5,6)30(2,3)4)25(14-10-11-19-32)27(28(31)33)29(34)37-21-23-12-8-7-9-13-23/h7-13,15-19,25-27H,14,20-21H2,1-6H3/b11-10+/t25?,26-,27?/m1/s1. The highest BCUT2D eigenvalue weighted by Crippen LogP contribution is 2.42. The number of aryl methyl sites for hydroxylation is 1. The summed E-state index contributed by atoms with van der Waals surface area (Å²) >= 11 is 0. The van der Waals surface area contributed by atoms with Crippen molar-refractivity contribution < 1.29 is 32.0 Å². The van der Waals surface area contributed by atoms with Gasteiger partial charge in [0.15, 0.2) is 8.32 Å². The predicted molar refractivity (Wildman–Crippen MR) is 155 cm³/mol. The van der Waals surface area contributed by atoms with E-state index in [-0.39, 0.29) is 29.5 Å². The molecular formula is C30H39NO7SSi. The van der Waals surface area contributed by atoms with Gasteiger partial charge in [-0.2, -0.15) is 0 Å². The van der Waals surface area contributed by atoms with Gasteiger partial charge in [0.05, 0.1) is 17.5 Å².